The van der Waals surface area contributed by atoms with Gasteiger partial charge in [0.2, 0.25) is 0 Å². The summed E-state index contributed by atoms with van der Waals surface area (Å²) in [6.45, 7) is 2.17. The second-order valence-electron chi connectivity index (χ2n) is 2.92. The van der Waals surface area contributed by atoms with Gasteiger partial charge in [-0.05, 0) is 25.7 Å². The highest BCUT2D eigenvalue weighted by Gasteiger charge is 2.09. The molecule has 0 amide bonds. The van der Waals surface area contributed by atoms with Crippen molar-refractivity contribution < 1.29 is 0 Å². The quantitative estimate of drug-likeness (QED) is 0.403. The summed E-state index contributed by atoms with van der Waals surface area (Å²) in [6.07, 6.45) is 5.22. The summed E-state index contributed by atoms with van der Waals surface area (Å²) in [6, 6.07) is 0. The zero-order chi connectivity index (χ0) is 7.40. The number of alkyl halides is 1. The van der Waals surface area contributed by atoms with Crippen molar-refractivity contribution in [3.63, 3.8) is 0 Å². The van der Waals surface area contributed by atoms with Crippen molar-refractivity contribution in [1.29, 1.82) is 0 Å². The van der Waals surface area contributed by atoms with Crippen LogP contribution in [-0.2, 0) is 0 Å². The first-order chi connectivity index (χ1) is 4.79. The van der Waals surface area contributed by atoms with E-state index in [2.05, 4.69) is 22.6 Å². The Bertz CT molecular complexity index is 77.6. The lowest BCUT2D eigenvalue weighted by atomic mass is 10.1. The van der Waals surface area contributed by atoms with Crippen molar-refractivity contribution in [1.82, 2.24) is 5.01 Å². The van der Waals surface area contributed by atoms with E-state index in [1.807, 2.05) is 5.01 Å². The van der Waals surface area contributed by atoms with Crippen molar-refractivity contribution in [3.05, 3.63) is 0 Å². The second-order valence-corrected chi connectivity index (χ2v) is 4.68. The van der Waals surface area contributed by atoms with Crippen LogP contribution in [0, 0.1) is 0 Å². The second kappa shape index (κ2) is 4.51. The molecular weight excluding hydrogens is 239 g/mol. The Kier molecular flexibility index (Phi) is 3.95. The maximum atomic E-state index is 5.68. The Morgan fingerprint density at radius 2 is 1.70 bits per heavy atom. The van der Waals surface area contributed by atoms with Gasteiger partial charge in [0.1, 0.15) is 0 Å². The maximum Gasteiger partial charge on any atom is 0.0128 e. The number of hydrogen-bond acceptors (Lipinski definition) is 2. The topological polar surface area (TPSA) is 29.3 Å². The van der Waals surface area contributed by atoms with E-state index in [-0.39, 0.29) is 0 Å². The highest BCUT2D eigenvalue weighted by molar-refractivity contribution is 14.1. The molecule has 2 N–H and O–H groups in total. The Morgan fingerprint density at radius 1 is 1.20 bits per heavy atom. The lowest BCUT2D eigenvalue weighted by Crippen LogP contribution is -2.34. The highest BCUT2D eigenvalue weighted by atomic mass is 127. The molecule has 0 saturated carbocycles. The summed E-state index contributed by atoms with van der Waals surface area (Å²) in [5.41, 5.74) is 0. The van der Waals surface area contributed by atoms with Gasteiger partial charge in [-0.15, -0.1) is 0 Å². The van der Waals surface area contributed by atoms with Crippen molar-refractivity contribution >= 4 is 22.6 Å². The zero-order valence-electron chi connectivity index (χ0n) is 6.22. The first-order valence-electron chi connectivity index (χ1n) is 3.93. The fraction of sp³-hybridized carbons (Fsp3) is 1.00. The molecule has 10 heavy (non-hydrogen) atoms. The normalized spacial score (nSPS) is 25.8. The molecule has 0 aromatic rings. The lowest BCUT2D eigenvalue weighted by Gasteiger charge is -2.21. The van der Waals surface area contributed by atoms with Gasteiger partial charge < -0.3 is 0 Å². The van der Waals surface area contributed by atoms with Crippen LogP contribution in [0.5, 0.6) is 0 Å². The molecule has 0 aliphatic carbocycles. The van der Waals surface area contributed by atoms with Gasteiger partial charge in [0, 0.05) is 17.0 Å². The van der Waals surface area contributed by atoms with E-state index in [4.69, 9.17) is 5.84 Å². The van der Waals surface area contributed by atoms with E-state index in [1.54, 1.807) is 0 Å². The van der Waals surface area contributed by atoms with Crippen LogP contribution in [0.15, 0.2) is 0 Å². The van der Waals surface area contributed by atoms with Crippen LogP contribution in [-0.4, -0.2) is 22.0 Å². The van der Waals surface area contributed by atoms with Crippen molar-refractivity contribution in [2.45, 2.75) is 29.6 Å². The monoisotopic (exact) mass is 254 g/mol. The first kappa shape index (κ1) is 8.74. The van der Waals surface area contributed by atoms with Crippen molar-refractivity contribution in [2.24, 2.45) is 5.84 Å². The SMILES string of the molecule is NN1CCCC(I)CCC1. The average molecular weight is 254 g/mol. The molecule has 2 nitrogen and oxygen atoms in total. The summed E-state index contributed by atoms with van der Waals surface area (Å²) in [5, 5.41) is 1.95. The van der Waals surface area contributed by atoms with Crippen LogP contribution in [0.3, 0.4) is 0 Å². The molecule has 0 aromatic carbocycles. The smallest absolute Gasteiger partial charge is 0.0128 e. The number of halogens is 1. The number of nitrogens with zero attached hydrogens (tertiary/aromatic N) is 1. The van der Waals surface area contributed by atoms with Crippen LogP contribution in [0.2, 0.25) is 0 Å². The van der Waals surface area contributed by atoms with E-state index in [1.165, 1.54) is 25.7 Å². The average Bonchev–Trinajstić information content (AvgIpc) is 1.84. The molecule has 1 heterocycles. The van der Waals surface area contributed by atoms with Crippen molar-refractivity contribution in [2.75, 3.05) is 13.1 Å². The molecule has 1 aliphatic heterocycles. The van der Waals surface area contributed by atoms with Crippen LogP contribution in [0.4, 0.5) is 0 Å². The maximum absolute atomic E-state index is 5.68. The van der Waals surface area contributed by atoms with Gasteiger partial charge in [0.25, 0.3) is 0 Å². The third kappa shape index (κ3) is 3.16. The Hall–Kier alpha value is 0.650. The van der Waals surface area contributed by atoms with Gasteiger partial charge in [-0.3, -0.25) is 5.84 Å². The van der Waals surface area contributed by atoms with Gasteiger partial charge in [0.05, 0.1) is 0 Å². The number of nitrogens with two attached hydrogens (primary N) is 1. The summed E-state index contributed by atoms with van der Waals surface area (Å²) in [7, 11) is 0. The minimum Gasteiger partial charge on any atom is -0.269 e. The molecule has 0 unspecified atom stereocenters. The predicted molar refractivity (Wildman–Crippen MR) is 52.0 cm³/mol. The minimum absolute atomic E-state index is 0.895. The van der Waals surface area contributed by atoms with Gasteiger partial charge in [-0.2, -0.15) is 0 Å². The third-order valence-corrected chi connectivity index (χ3v) is 3.17. The fourth-order valence-electron chi connectivity index (χ4n) is 1.29. The van der Waals surface area contributed by atoms with Gasteiger partial charge in [-0.25, -0.2) is 5.01 Å². The van der Waals surface area contributed by atoms with E-state index in [9.17, 15) is 0 Å². The summed E-state index contributed by atoms with van der Waals surface area (Å²) >= 11 is 2.55. The predicted octanol–water partition coefficient (Wildman–Crippen LogP) is 1.54. The Balaban J connectivity index is 2.21. The Morgan fingerprint density at radius 3 is 2.20 bits per heavy atom. The highest BCUT2D eigenvalue weighted by Crippen LogP contribution is 2.17. The molecule has 60 valence electrons. The molecule has 3 heteroatoms. The molecule has 0 bridgehead atoms. The van der Waals surface area contributed by atoms with Crippen molar-refractivity contribution in [3.8, 4) is 0 Å². The van der Waals surface area contributed by atoms with Crippen LogP contribution < -0.4 is 5.84 Å². The van der Waals surface area contributed by atoms with E-state index >= 15 is 0 Å². The van der Waals surface area contributed by atoms with E-state index in [0.717, 1.165) is 17.0 Å². The summed E-state index contributed by atoms with van der Waals surface area (Å²) in [5.74, 6) is 5.68. The lowest BCUT2D eigenvalue weighted by molar-refractivity contribution is 0.258. The molecule has 0 atom stereocenters. The molecule has 0 radical (unpaired) electrons. The molecule has 1 rings (SSSR count). The van der Waals surface area contributed by atoms with E-state index < -0.39 is 0 Å². The zero-order valence-corrected chi connectivity index (χ0v) is 8.38. The van der Waals surface area contributed by atoms with Crippen LogP contribution in [0.25, 0.3) is 0 Å². The van der Waals surface area contributed by atoms with Gasteiger partial charge in [-0.1, -0.05) is 22.6 Å². The molecule has 1 fully saturated rings. The molecule has 0 aromatic heterocycles. The third-order valence-electron chi connectivity index (χ3n) is 1.93. The summed E-state index contributed by atoms with van der Waals surface area (Å²) < 4.78 is 0.895. The molecule has 1 aliphatic rings. The number of rotatable bonds is 0. The number of hydrazine groups is 1. The van der Waals surface area contributed by atoms with Gasteiger partial charge in [0.15, 0.2) is 0 Å². The largest absolute Gasteiger partial charge is 0.269 e. The number of hydrogen-bond donors (Lipinski definition) is 1. The minimum atomic E-state index is 0.895. The van der Waals surface area contributed by atoms with Gasteiger partial charge >= 0.3 is 0 Å². The van der Waals surface area contributed by atoms with Crippen LogP contribution >= 0.6 is 22.6 Å². The fourth-order valence-corrected chi connectivity index (χ4v) is 2.17. The molecule has 1 saturated heterocycles. The molecular formula is C7H15IN2. The Labute approximate surface area is 76.3 Å². The standard InChI is InChI=1S/C7H15IN2/c8-7-3-1-5-10(9)6-2-4-7/h7H,1-6,9H2. The first-order valence-corrected chi connectivity index (χ1v) is 5.17. The van der Waals surface area contributed by atoms with Crippen LogP contribution in [0.1, 0.15) is 25.7 Å². The van der Waals surface area contributed by atoms with E-state index in [0.29, 0.717) is 0 Å². The summed E-state index contributed by atoms with van der Waals surface area (Å²) in [4.78, 5) is 0. The molecule has 0 spiro atoms.